The Balaban J connectivity index is 2.15. The molecule has 15 heavy (non-hydrogen) atoms. The van der Waals surface area contributed by atoms with E-state index in [4.69, 9.17) is 5.73 Å². The van der Waals surface area contributed by atoms with Gasteiger partial charge in [0.15, 0.2) is 0 Å². The fraction of sp³-hybridized carbons (Fsp3) is 0.0769. The van der Waals surface area contributed by atoms with E-state index in [0.717, 1.165) is 17.8 Å². The van der Waals surface area contributed by atoms with Gasteiger partial charge in [0.05, 0.1) is 0 Å². The number of benzene rings is 2. The smallest absolute Gasteiger partial charge is 0.127 e. The van der Waals surface area contributed by atoms with Crippen molar-refractivity contribution in [2.24, 2.45) is 0 Å². The molecule has 2 nitrogen and oxygen atoms in total. The van der Waals surface area contributed by atoms with Crippen molar-refractivity contribution in [3.8, 4) is 0 Å². The average molecular weight is 199 g/mol. The third-order valence-corrected chi connectivity index (χ3v) is 2.41. The van der Waals surface area contributed by atoms with Crippen LogP contribution in [-0.2, 0) is 6.42 Å². The first kappa shape index (κ1) is 9.74. The summed E-state index contributed by atoms with van der Waals surface area (Å²) in [6.07, 6.45) is 0.945. The normalized spacial score (nSPS) is 10.2. The van der Waals surface area contributed by atoms with Crippen LogP contribution in [0.5, 0.6) is 0 Å². The van der Waals surface area contributed by atoms with E-state index < -0.39 is 0 Å². The predicted molar refractivity (Wildman–Crippen MR) is 62.7 cm³/mol. The molecule has 0 atom stereocenters. The van der Waals surface area contributed by atoms with Gasteiger partial charge in [-0.25, -0.2) is 0 Å². The second-order valence-electron chi connectivity index (χ2n) is 3.73. The van der Waals surface area contributed by atoms with Crippen LogP contribution in [-0.4, -0.2) is 0 Å². The predicted octanol–water partition coefficient (Wildman–Crippen LogP) is 1.73. The van der Waals surface area contributed by atoms with Crippen molar-refractivity contribution in [2.75, 3.05) is 5.73 Å². The highest BCUT2D eigenvalue weighted by Gasteiger charge is 1.96. The molecule has 0 aliphatic rings. The highest BCUT2D eigenvalue weighted by Crippen LogP contribution is 2.12. The Labute approximate surface area is 89.5 Å². The van der Waals surface area contributed by atoms with Crippen LogP contribution in [0.2, 0.25) is 0 Å². The van der Waals surface area contributed by atoms with E-state index in [1.807, 2.05) is 24.3 Å². The van der Waals surface area contributed by atoms with Gasteiger partial charge in [-0.15, -0.1) is 0 Å². The van der Waals surface area contributed by atoms with Gasteiger partial charge in [-0.3, -0.25) is 0 Å². The quantitative estimate of drug-likeness (QED) is 0.711. The van der Waals surface area contributed by atoms with Crippen molar-refractivity contribution in [2.45, 2.75) is 6.42 Å². The Morgan fingerprint density at radius 2 is 1.27 bits per heavy atom. The van der Waals surface area contributed by atoms with Gasteiger partial charge in [0.2, 0.25) is 0 Å². The maximum absolute atomic E-state index is 5.63. The number of quaternary nitrogens is 1. The molecule has 2 aromatic carbocycles. The number of nitrogen functional groups attached to an aromatic ring is 1. The summed E-state index contributed by atoms with van der Waals surface area (Å²) >= 11 is 0. The Morgan fingerprint density at radius 3 is 1.80 bits per heavy atom. The maximum Gasteiger partial charge on any atom is 0.127 e. The second kappa shape index (κ2) is 4.15. The summed E-state index contributed by atoms with van der Waals surface area (Å²) in [7, 11) is 0. The Morgan fingerprint density at radius 1 is 0.800 bits per heavy atom. The maximum atomic E-state index is 5.63. The van der Waals surface area contributed by atoms with E-state index in [9.17, 15) is 0 Å². The van der Waals surface area contributed by atoms with Gasteiger partial charge in [-0.05, 0) is 41.8 Å². The molecular weight excluding hydrogens is 184 g/mol. The molecule has 0 fully saturated rings. The Bertz CT molecular complexity index is 386. The molecule has 76 valence electrons. The summed E-state index contributed by atoms with van der Waals surface area (Å²) in [6.45, 7) is 0. The minimum absolute atomic E-state index is 0.812. The number of nitrogens with two attached hydrogens (primary N) is 1. The Kier molecular flexibility index (Phi) is 2.70. The van der Waals surface area contributed by atoms with Crippen molar-refractivity contribution in [3.05, 3.63) is 59.7 Å². The molecule has 0 saturated heterocycles. The summed E-state index contributed by atoms with van der Waals surface area (Å²) in [4.78, 5) is 0. The summed E-state index contributed by atoms with van der Waals surface area (Å²) in [5.41, 5.74) is 13.9. The third kappa shape index (κ3) is 2.58. The van der Waals surface area contributed by atoms with Gasteiger partial charge in [-0.2, -0.15) is 0 Å². The van der Waals surface area contributed by atoms with Crippen molar-refractivity contribution in [1.82, 2.24) is 0 Å². The lowest BCUT2D eigenvalue weighted by Crippen LogP contribution is -2.39. The van der Waals surface area contributed by atoms with Crippen LogP contribution in [0, 0.1) is 0 Å². The molecule has 0 bridgehead atoms. The fourth-order valence-corrected chi connectivity index (χ4v) is 1.53. The molecule has 0 radical (unpaired) electrons. The van der Waals surface area contributed by atoms with Gasteiger partial charge >= 0.3 is 0 Å². The molecular formula is C13H15N2+. The zero-order valence-electron chi connectivity index (χ0n) is 8.61. The SMILES string of the molecule is Nc1ccc(Cc2ccc([NH3+])cc2)cc1. The van der Waals surface area contributed by atoms with Crippen molar-refractivity contribution < 1.29 is 5.73 Å². The number of anilines is 1. The first-order valence-electron chi connectivity index (χ1n) is 4.99. The summed E-state index contributed by atoms with van der Waals surface area (Å²) in [6, 6.07) is 16.3. The molecule has 0 heterocycles. The zero-order chi connectivity index (χ0) is 10.7. The van der Waals surface area contributed by atoms with E-state index in [1.54, 1.807) is 0 Å². The number of hydrogen-bond donors (Lipinski definition) is 2. The van der Waals surface area contributed by atoms with Crippen LogP contribution in [0.25, 0.3) is 0 Å². The molecule has 2 heteroatoms. The number of rotatable bonds is 2. The van der Waals surface area contributed by atoms with E-state index in [1.165, 1.54) is 11.1 Å². The van der Waals surface area contributed by atoms with Crippen LogP contribution in [0.1, 0.15) is 11.1 Å². The first-order valence-corrected chi connectivity index (χ1v) is 4.99. The molecule has 0 aliphatic carbocycles. The van der Waals surface area contributed by atoms with E-state index in [0.29, 0.717) is 0 Å². The minimum atomic E-state index is 0.812. The fourth-order valence-electron chi connectivity index (χ4n) is 1.53. The van der Waals surface area contributed by atoms with Gasteiger partial charge in [0.25, 0.3) is 0 Å². The Hall–Kier alpha value is -1.80. The van der Waals surface area contributed by atoms with Gasteiger partial charge in [0.1, 0.15) is 5.69 Å². The van der Waals surface area contributed by atoms with Crippen LogP contribution in [0.4, 0.5) is 11.4 Å². The van der Waals surface area contributed by atoms with Crippen molar-refractivity contribution >= 4 is 11.4 Å². The highest BCUT2D eigenvalue weighted by molar-refractivity contribution is 5.41. The van der Waals surface area contributed by atoms with E-state index in [-0.39, 0.29) is 0 Å². The highest BCUT2D eigenvalue weighted by atomic mass is 14.5. The summed E-state index contributed by atoms with van der Waals surface area (Å²) < 4.78 is 0. The van der Waals surface area contributed by atoms with E-state index in [2.05, 4.69) is 30.0 Å². The van der Waals surface area contributed by atoms with Gasteiger partial charge in [-0.1, -0.05) is 24.3 Å². The molecule has 0 aliphatic heterocycles. The lowest BCUT2D eigenvalue weighted by Gasteiger charge is -2.02. The van der Waals surface area contributed by atoms with Crippen molar-refractivity contribution in [1.29, 1.82) is 0 Å². The van der Waals surface area contributed by atoms with Crippen molar-refractivity contribution in [3.63, 3.8) is 0 Å². The van der Waals surface area contributed by atoms with Crippen LogP contribution < -0.4 is 11.5 Å². The zero-order valence-corrected chi connectivity index (χ0v) is 8.61. The standard InChI is InChI=1S/C13H14N2/c14-12-5-1-10(2-6-12)9-11-3-7-13(15)8-4-11/h1-8H,9,14-15H2/p+1. The lowest BCUT2D eigenvalue weighted by atomic mass is 10.0. The molecule has 0 amide bonds. The topological polar surface area (TPSA) is 53.7 Å². The van der Waals surface area contributed by atoms with Crippen LogP contribution in [0.3, 0.4) is 0 Å². The molecule has 5 N–H and O–H groups in total. The van der Waals surface area contributed by atoms with Gasteiger partial charge in [0, 0.05) is 5.69 Å². The number of hydrogen-bond acceptors (Lipinski definition) is 1. The molecule has 0 saturated carbocycles. The molecule has 0 aromatic heterocycles. The average Bonchev–Trinajstić information content (AvgIpc) is 2.25. The first-order chi connectivity index (χ1) is 7.24. The lowest BCUT2D eigenvalue weighted by molar-refractivity contribution is -0.254. The van der Waals surface area contributed by atoms with Crippen LogP contribution in [0.15, 0.2) is 48.5 Å². The molecule has 0 spiro atoms. The third-order valence-electron chi connectivity index (χ3n) is 2.41. The monoisotopic (exact) mass is 199 g/mol. The summed E-state index contributed by atoms with van der Waals surface area (Å²) in [5, 5.41) is 0. The summed E-state index contributed by atoms with van der Waals surface area (Å²) in [5.74, 6) is 0. The van der Waals surface area contributed by atoms with E-state index >= 15 is 0 Å². The molecule has 2 aromatic rings. The largest absolute Gasteiger partial charge is 0.399 e. The van der Waals surface area contributed by atoms with Crippen LogP contribution >= 0.6 is 0 Å². The molecule has 2 rings (SSSR count). The minimum Gasteiger partial charge on any atom is -0.399 e. The molecule has 0 unspecified atom stereocenters. The second-order valence-corrected chi connectivity index (χ2v) is 3.73. The van der Waals surface area contributed by atoms with Gasteiger partial charge < -0.3 is 11.5 Å².